The van der Waals surface area contributed by atoms with Gasteiger partial charge in [0.05, 0.1) is 0 Å². The van der Waals surface area contributed by atoms with Gasteiger partial charge in [-0.15, -0.1) is 0 Å². The highest BCUT2D eigenvalue weighted by Gasteiger charge is 2.32. The maximum Gasteiger partial charge on any atom is 0.312 e. The second kappa shape index (κ2) is 7.45. The van der Waals surface area contributed by atoms with Gasteiger partial charge in [0.2, 0.25) is 11.9 Å². The molecule has 1 aromatic heterocycles. The Morgan fingerprint density at radius 3 is 1.68 bits per heavy atom. The normalized spacial score (nSPS) is 18.3. The lowest BCUT2D eigenvalue weighted by atomic mass is 10.2. The molecule has 0 aromatic carbocycles. The van der Waals surface area contributed by atoms with E-state index in [1.54, 1.807) is 28.3 Å². The Bertz CT molecular complexity index is 637. The topological polar surface area (TPSA) is 90.0 Å². The molecule has 2 saturated heterocycles. The third-order valence-electron chi connectivity index (χ3n) is 4.60. The fourth-order valence-corrected chi connectivity index (χ4v) is 3.06. The van der Waals surface area contributed by atoms with Crippen molar-refractivity contribution < 1.29 is 14.4 Å². The van der Waals surface area contributed by atoms with Crippen LogP contribution in [0.15, 0.2) is 18.5 Å². The molecule has 0 atom stereocenters. The second-order valence-corrected chi connectivity index (χ2v) is 6.13. The summed E-state index contributed by atoms with van der Waals surface area (Å²) < 4.78 is 0. The van der Waals surface area contributed by atoms with Gasteiger partial charge in [-0.3, -0.25) is 14.4 Å². The first-order valence-corrected chi connectivity index (χ1v) is 8.42. The molecular weight excluding hydrogens is 324 g/mol. The van der Waals surface area contributed by atoms with E-state index in [0.29, 0.717) is 58.3 Å². The zero-order chi connectivity index (χ0) is 17.8. The van der Waals surface area contributed by atoms with Crippen LogP contribution >= 0.6 is 0 Å². The number of rotatable bonds is 1. The highest BCUT2D eigenvalue weighted by atomic mass is 16.2. The SMILES string of the molecule is CC(=O)N1CCN(C(=O)C(=O)N2CCN(c3ncccn3)CC2)CC1. The summed E-state index contributed by atoms with van der Waals surface area (Å²) in [6, 6.07) is 1.76. The Morgan fingerprint density at radius 2 is 1.20 bits per heavy atom. The van der Waals surface area contributed by atoms with Gasteiger partial charge < -0.3 is 19.6 Å². The predicted molar refractivity (Wildman–Crippen MR) is 89.7 cm³/mol. The lowest BCUT2D eigenvalue weighted by Crippen LogP contribution is -2.57. The monoisotopic (exact) mass is 346 g/mol. The average Bonchev–Trinajstić information content (AvgIpc) is 2.67. The molecule has 134 valence electrons. The Balaban J connectivity index is 1.51. The largest absolute Gasteiger partial charge is 0.339 e. The van der Waals surface area contributed by atoms with Gasteiger partial charge in [-0.2, -0.15) is 0 Å². The molecule has 0 unspecified atom stereocenters. The molecule has 0 aliphatic carbocycles. The number of hydrogen-bond acceptors (Lipinski definition) is 6. The zero-order valence-electron chi connectivity index (χ0n) is 14.3. The second-order valence-electron chi connectivity index (χ2n) is 6.13. The van der Waals surface area contributed by atoms with Gasteiger partial charge in [0.1, 0.15) is 0 Å². The van der Waals surface area contributed by atoms with E-state index in [1.807, 2.05) is 4.90 Å². The molecule has 2 fully saturated rings. The standard InChI is InChI=1S/C16H22N6O3/c1-13(23)19-5-7-20(8-6-19)14(24)15(25)21-9-11-22(12-10-21)16-17-3-2-4-18-16/h2-4H,5-12H2,1H3. The highest BCUT2D eigenvalue weighted by Crippen LogP contribution is 2.11. The van der Waals surface area contributed by atoms with Gasteiger partial charge in [-0.1, -0.05) is 0 Å². The van der Waals surface area contributed by atoms with Crippen LogP contribution in [0.3, 0.4) is 0 Å². The van der Waals surface area contributed by atoms with Crippen molar-refractivity contribution in [3.8, 4) is 0 Å². The number of carbonyl (C=O) groups is 3. The number of hydrogen-bond donors (Lipinski definition) is 0. The van der Waals surface area contributed by atoms with Crippen LogP contribution in [0.25, 0.3) is 0 Å². The van der Waals surface area contributed by atoms with Crippen molar-refractivity contribution >= 4 is 23.7 Å². The Kier molecular flexibility index (Phi) is 5.11. The first kappa shape index (κ1) is 17.1. The van der Waals surface area contributed by atoms with Gasteiger partial charge in [-0.25, -0.2) is 9.97 Å². The zero-order valence-corrected chi connectivity index (χ0v) is 14.3. The van der Waals surface area contributed by atoms with Crippen molar-refractivity contribution in [3.63, 3.8) is 0 Å². The molecule has 1 aromatic rings. The molecule has 2 aliphatic rings. The quantitative estimate of drug-likeness (QED) is 0.595. The van der Waals surface area contributed by atoms with E-state index in [0.717, 1.165) is 0 Å². The van der Waals surface area contributed by atoms with Crippen LogP contribution in [0, 0.1) is 0 Å². The van der Waals surface area contributed by atoms with Gasteiger partial charge in [-0.05, 0) is 6.07 Å². The summed E-state index contributed by atoms with van der Waals surface area (Å²) in [5, 5.41) is 0. The molecule has 0 radical (unpaired) electrons. The molecule has 2 aliphatic heterocycles. The number of carbonyl (C=O) groups excluding carboxylic acids is 3. The summed E-state index contributed by atoms with van der Waals surface area (Å²) in [5.41, 5.74) is 0. The highest BCUT2D eigenvalue weighted by molar-refractivity contribution is 6.35. The molecule has 9 heteroatoms. The molecule has 25 heavy (non-hydrogen) atoms. The Hall–Kier alpha value is -2.71. The van der Waals surface area contributed by atoms with Crippen LogP contribution in [0.1, 0.15) is 6.92 Å². The summed E-state index contributed by atoms with van der Waals surface area (Å²) in [7, 11) is 0. The van der Waals surface area contributed by atoms with E-state index < -0.39 is 11.8 Å². The van der Waals surface area contributed by atoms with Crippen molar-refractivity contribution in [2.75, 3.05) is 57.3 Å². The van der Waals surface area contributed by atoms with Crippen molar-refractivity contribution in [1.82, 2.24) is 24.7 Å². The number of nitrogens with zero attached hydrogens (tertiary/aromatic N) is 6. The molecule has 0 spiro atoms. The lowest BCUT2D eigenvalue weighted by molar-refractivity contribution is -0.153. The van der Waals surface area contributed by atoms with E-state index in [2.05, 4.69) is 9.97 Å². The molecule has 0 bridgehead atoms. The summed E-state index contributed by atoms with van der Waals surface area (Å²) in [6.45, 7) is 5.41. The van der Waals surface area contributed by atoms with E-state index in [4.69, 9.17) is 0 Å². The van der Waals surface area contributed by atoms with Crippen molar-refractivity contribution in [1.29, 1.82) is 0 Å². The van der Waals surface area contributed by atoms with E-state index in [1.165, 1.54) is 11.8 Å². The van der Waals surface area contributed by atoms with Crippen LogP contribution in [-0.2, 0) is 14.4 Å². The molecule has 3 amide bonds. The third kappa shape index (κ3) is 3.86. The minimum Gasteiger partial charge on any atom is -0.339 e. The summed E-state index contributed by atoms with van der Waals surface area (Å²) >= 11 is 0. The fourth-order valence-electron chi connectivity index (χ4n) is 3.06. The Morgan fingerprint density at radius 1 is 0.760 bits per heavy atom. The maximum atomic E-state index is 12.5. The third-order valence-corrected chi connectivity index (χ3v) is 4.60. The lowest BCUT2D eigenvalue weighted by Gasteiger charge is -2.37. The number of piperazine rings is 2. The minimum atomic E-state index is -0.479. The van der Waals surface area contributed by atoms with Crippen LogP contribution in [0.2, 0.25) is 0 Å². The minimum absolute atomic E-state index is 0.00215. The maximum absolute atomic E-state index is 12.5. The predicted octanol–water partition coefficient (Wildman–Crippen LogP) is -1.18. The van der Waals surface area contributed by atoms with Crippen molar-refractivity contribution in [2.45, 2.75) is 6.92 Å². The first-order chi connectivity index (χ1) is 12.1. The average molecular weight is 346 g/mol. The number of aromatic nitrogens is 2. The number of anilines is 1. The van der Waals surface area contributed by atoms with Crippen LogP contribution in [-0.4, -0.2) is 94.7 Å². The molecule has 3 heterocycles. The van der Waals surface area contributed by atoms with Gasteiger partial charge in [0.25, 0.3) is 0 Å². The number of amides is 3. The first-order valence-electron chi connectivity index (χ1n) is 8.42. The van der Waals surface area contributed by atoms with Crippen molar-refractivity contribution in [2.24, 2.45) is 0 Å². The van der Waals surface area contributed by atoms with Gasteiger partial charge in [0, 0.05) is 71.7 Å². The summed E-state index contributed by atoms with van der Waals surface area (Å²) in [5.74, 6) is -0.309. The van der Waals surface area contributed by atoms with E-state index in [-0.39, 0.29) is 5.91 Å². The van der Waals surface area contributed by atoms with Crippen LogP contribution < -0.4 is 4.90 Å². The van der Waals surface area contributed by atoms with Crippen LogP contribution in [0.4, 0.5) is 5.95 Å². The summed E-state index contributed by atoms with van der Waals surface area (Å²) in [6.07, 6.45) is 3.37. The van der Waals surface area contributed by atoms with Gasteiger partial charge in [0.15, 0.2) is 0 Å². The van der Waals surface area contributed by atoms with Gasteiger partial charge >= 0.3 is 11.8 Å². The summed E-state index contributed by atoms with van der Waals surface area (Å²) in [4.78, 5) is 51.4. The molecule has 0 N–H and O–H groups in total. The molecule has 0 saturated carbocycles. The van der Waals surface area contributed by atoms with Crippen LogP contribution in [0.5, 0.6) is 0 Å². The molecule has 3 rings (SSSR count). The Labute approximate surface area is 146 Å². The fraction of sp³-hybridized carbons (Fsp3) is 0.562. The smallest absolute Gasteiger partial charge is 0.312 e. The molecule has 9 nitrogen and oxygen atoms in total. The van der Waals surface area contributed by atoms with E-state index >= 15 is 0 Å². The van der Waals surface area contributed by atoms with E-state index in [9.17, 15) is 14.4 Å². The molecular formula is C16H22N6O3. The van der Waals surface area contributed by atoms with Crippen molar-refractivity contribution in [3.05, 3.63) is 18.5 Å².